The van der Waals surface area contributed by atoms with Gasteiger partial charge in [-0.3, -0.25) is 0 Å². The van der Waals surface area contributed by atoms with E-state index in [1.807, 2.05) is 0 Å². The fraction of sp³-hybridized carbons (Fsp3) is 0.667. The van der Waals surface area contributed by atoms with E-state index in [2.05, 4.69) is 4.74 Å². The summed E-state index contributed by atoms with van der Waals surface area (Å²) in [5, 5.41) is 0. The third-order valence-electron chi connectivity index (χ3n) is 0.669. The maximum atomic E-state index is 11.8. The van der Waals surface area contributed by atoms with Crippen molar-refractivity contribution in [1.82, 2.24) is 0 Å². The van der Waals surface area contributed by atoms with Gasteiger partial charge in [0.2, 0.25) is 0 Å². The van der Waals surface area contributed by atoms with Gasteiger partial charge in [-0.05, 0) is 6.92 Å². The van der Waals surface area contributed by atoms with Crippen molar-refractivity contribution in [2.75, 3.05) is 6.61 Å². The maximum Gasteiger partial charge on any atom is 0.353 e. The summed E-state index contributed by atoms with van der Waals surface area (Å²) in [4.78, 5) is 0. The minimum atomic E-state index is -3.00. The largest absolute Gasteiger partial charge is 0.353 e. The highest BCUT2D eigenvalue weighted by Crippen LogP contribution is 2.12. The quantitative estimate of drug-likeness (QED) is 0.540. The molecule has 0 aromatic carbocycles. The Balaban J connectivity index is 3.28. The molecule has 0 rings (SSSR count). The molecule has 0 aliphatic heterocycles. The fourth-order valence-corrected chi connectivity index (χ4v) is 0.291. The van der Waals surface area contributed by atoms with Gasteiger partial charge in [0, 0.05) is 6.92 Å². The van der Waals surface area contributed by atoms with Crippen molar-refractivity contribution in [2.45, 2.75) is 20.0 Å². The van der Waals surface area contributed by atoms with E-state index in [9.17, 15) is 8.78 Å². The molecule has 0 saturated heterocycles. The number of ether oxygens (including phenoxy) is 1. The average molecular weight is 136 g/mol. The second-order valence-electron chi connectivity index (χ2n) is 1.69. The SMILES string of the molecule is C/C=C/COC(C)(F)F. The molecule has 0 aliphatic rings. The molecule has 0 bridgehead atoms. The summed E-state index contributed by atoms with van der Waals surface area (Å²) < 4.78 is 27.6. The molecule has 0 amide bonds. The Morgan fingerprint density at radius 3 is 2.44 bits per heavy atom. The zero-order valence-corrected chi connectivity index (χ0v) is 5.53. The van der Waals surface area contributed by atoms with E-state index < -0.39 is 6.11 Å². The van der Waals surface area contributed by atoms with Crippen molar-refractivity contribution < 1.29 is 13.5 Å². The molecule has 0 aliphatic carbocycles. The van der Waals surface area contributed by atoms with Crippen LogP contribution in [-0.2, 0) is 4.74 Å². The molecule has 0 atom stereocenters. The molecule has 0 unspecified atom stereocenters. The normalized spacial score (nSPS) is 12.9. The molecular weight excluding hydrogens is 126 g/mol. The topological polar surface area (TPSA) is 9.23 Å². The molecule has 0 aromatic rings. The molecule has 0 spiro atoms. The molecule has 0 fully saturated rings. The first-order valence-corrected chi connectivity index (χ1v) is 2.69. The monoisotopic (exact) mass is 136 g/mol. The number of hydrogen-bond donors (Lipinski definition) is 0. The molecule has 54 valence electrons. The summed E-state index contributed by atoms with van der Waals surface area (Å²) in [7, 11) is 0. The highest BCUT2D eigenvalue weighted by atomic mass is 19.3. The summed E-state index contributed by atoms with van der Waals surface area (Å²) >= 11 is 0. The van der Waals surface area contributed by atoms with Crippen molar-refractivity contribution in [3.8, 4) is 0 Å². The Kier molecular flexibility index (Phi) is 3.39. The zero-order valence-electron chi connectivity index (χ0n) is 5.53. The van der Waals surface area contributed by atoms with Crippen molar-refractivity contribution in [3.05, 3.63) is 12.2 Å². The minimum Gasteiger partial charge on any atom is -0.317 e. The van der Waals surface area contributed by atoms with Crippen LogP contribution >= 0.6 is 0 Å². The van der Waals surface area contributed by atoms with E-state index in [4.69, 9.17) is 0 Å². The number of allylic oxidation sites excluding steroid dienone is 1. The summed E-state index contributed by atoms with van der Waals surface area (Å²) in [6.07, 6.45) is 0.183. The molecule has 1 nitrogen and oxygen atoms in total. The first-order valence-electron chi connectivity index (χ1n) is 2.69. The smallest absolute Gasteiger partial charge is 0.317 e. The van der Waals surface area contributed by atoms with Gasteiger partial charge in [-0.15, -0.1) is 0 Å². The van der Waals surface area contributed by atoms with Gasteiger partial charge in [-0.25, -0.2) is 0 Å². The Bertz CT molecular complexity index is 93.7. The maximum absolute atomic E-state index is 11.8. The summed E-state index contributed by atoms with van der Waals surface area (Å²) in [6.45, 7) is 2.44. The first-order chi connectivity index (χ1) is 4.06. The second-order valence-corrected chi connectivity index (χ2v) is 1.69. The molecule has 3 heteroatoms. The van der Waals surface area contributed by atoms with E-state index in [0.717, 1.165) is 6.92 Å². The Morgan fingerprint density at radius 2 is 2.11 bits per heavy atom. The molecule has 9 heavy (non-hydrogen) atoms. The van der Waals surface area contributed by atoms with Crippen LogP contribution in [0.5, 0.6) is 0 Å². The van der Waals surface area contributed by atoms with Crippen LogP contribution in [0.25, 0.3) is 0 Å². The predicted molar refractivity (Wildman–Crippen MR) is 31.4 cm³/mol. The lowest BCUT2D eigenvalue weighted by molar-refractivity contribution is -0.216. The minimum absolute atomic E-state index is 0.0278. The lowest BCUT2D eigenvalue weighted by Gasteiger charge is -2.07. The summed E-state index contributed by atoms with van der Waals surface area (Å²) in [5.41, 5.74) is 0. The van der Waals surface area contributed by atoms with E-state index in [-0.39, 0.29) is 6.61 Å². The van der Waals surface area contributed by atoms with Crippen LogP contribution < -0.4 is 0 Å². The van der Waals surface area contributed by atoms with Crippen LogP contribution in [0.1, 0.15) is 13.8 Å². The van der Waals surface area contributed by atoms with E-state index in [1.54, 1.807) is 13.0 Å². The van der Waals surface area contributed by atoms with Gasteiger partial charge in [-0.1, -0.05) is 12.2 Å². The van der Waals surface area contributed by atoms with Gasteiger partial charge in [0.15, 0.2) is 0 Å². The van der Waals surface area contributed by atoms with Gasteiger partial charge >= 0.3 is 6.11 Å². The van der Waals surface area contributed by atoms with Gasteiger partial charge in [0.1, 0.15) is 0 Å². The molecule has 0 heterocycles. The highest BCUT2D eigenvalue weighted by Gasteiger charge is 2.19. The lowest BCUT2D eigenvalue weighted by Crippen LogP contribution is -2.14. The third-order valence-corrected chi connectivity index (χ3v) is 0.669. The molecule has 0 aromatic heterocycles. The van der Waals surface area contributed by atoms with E-state index in [0.29, 0.717) is 0 Å². The molecule has 0 N–H and O–H groups in total. The second kappa shape index (κ2) is 3.56. The van der Waals surface area contributed by atoms with Crippen LogP contribution in [0.15, 0.2) is 12.2 Å². The average Bonchev–Trinajstić information content (AvgIpc) is 1.63. The Morgan fingerprint density at radius 1 is 1.56 bits per heavy atom. The van der Waals surface area contributed by atoms with Crippen LogP contribution in [-0.4, -0.2) is 12.7 Å². The van der Waals surface area contributed by atoms with Gasteiger partial charge in [-0.2, -0.15) is 8.78 Å². The number of rotatable bonds is 3. The number of alkyl halides is 2. The zero-order chi connectivity index (χ0) is 7.33. The fourth-order valence-electron chi connectivity index (χ4n) is 0.291. The van der Waals surface area contributed by atoms with Crippen LogP contribution in [0.4, 0.5) is 8.78 Å². The van der Waals surface area contributed by atoms with Crippen LogP contribution in [0, 0.1) is 0 Å². The van der Waals surface area contributed by atoms with E-state index in [1.165, 1.54) is 6.08 Å². The lowest BCUT2D eigenvalue weighted by atomic mass is 10.5. The van der Waals surface area contributed by atoms with Crippen molar-refractivity contribution in [3.63, 3.8) is 0 Å². The molecule has 0 radical (unpaired) electrons. The van der Waals surface area contributed by atoms with Gasteiger partial charge in [0.25, 0.3) is 0 Å². The Hall–Kier alpha value is -0.440. The first kappa shape index (κ1) is 8.56. The van der Waals surface area contributed by atoms with E-state index >= 15 is 0 Å². The van der Waals surface area contributed by atoms with Crippen LogP contribution in [0.2, 0.25) is 0 Å². The molecule has 0 saturated carbocycles. The predicted octanol–water partition coefficient (Wildman–Crippen LogP) is 2.19. The highest BCUT2D eigenvalue weighted by molar-refractivity contribution is 4.76. The van der Waals surface area contributed by atoms with Crippen LogP contribution in [0.3, 0.4) is 0 Å². The summed E-state index contributed by atoms with van der Waals surface area (Å²) in [5.74, 6) is 0. The third kappa shape index (κ3) is 7.56. The number of hydrogen-bond acceptors (Lipinski definition) is 1. The van der Waals surface area contributed by atoms with Gasteiger partial charge < -0.3 is 4.74 Å². The van der Waals surface area contributed by atoms with Crippen molar-refractivity contribution >= 4 is 0 Å². The number of halogens is 2. The van der Waals surface area contributed by atoms with Gasteiger partial charge in [0.05, 0.1) is 6.61 Å². The summed E-state index contributed by atoms with van der Waals surface area (Å²) in [6, 6.07) is 0. The van der Waals surface area contributed by atoms with Crippen molar-refractivity contribution in [2.24, 2.45) is 0 Å². The Labute approximate surface area is 53.3 Å². The standard InChI is InChI=1S/C6H10F2O/c1-3-4-5-9-6(2,7)8/h3-4H,5H2,1-2H3/b4-3+. The molecular formula is C6H10F2O. The van der Waals surface area contributed by atoms with Crippen molar-refractivity contribution in [1.29, 1.82) is 0 Å².